The first-order valence-corrected chi connectivity index (χ1v) is 6.98. The van der Waals surface area contributed by atoms with Crippen molar-refractivity contribution >= 4 is 11.6 Å². The Morgan fingerprint density at radius 3 is 2.67 bits per heavy atom. The Bertz CT molecular complexity index is 595. The van der Waals surface area contributed by atoms with E-state index in [4.69, 9.17) is 21.1 Å². The van der Waals surface area contributed by atoms with E-state index in [1.165, 1.54) is 0 Å². The summed E-state index contributed by atoms with van der Waals surface area (Å²) in [6, 6.07) is 7.14. The fourth-order valence-electron chi connectivity index (χ4n) is 2.12. The number of nitrogens with zero attached hydrogens (tertiary/aromatic N) is 2. The van der Waals surface area contributed by atoms with Gasteiger partial charge in [-0.25, -0.2) is 4.98 Å². The highest BCUT2D eigenvalue weighted by Crippen LogP contribution is 2.26. The molecule has 1 N–H and O–H groups in total. The first-order chi connectivity index (χ1) is 10.2. The van der Waals surface area contributed by atoms with Gasteiger partial charge in [0.1, 0.15) is 17.5 Å². The van der Waals surface area contributed by atoms with Gasteiger partial charge in [0.05, 0.1) is 13.2 Å². The zero-order chi connectivity index (χ0) is 15.2. The van der Waals surface area contributed by atoms with Gasteiger partial charge in [-0.3, -0.25) is 4.98 Å². The number of methoxy groups -OCH3 is 1. The van der Waals surface area contributed by atoms with E-state index in [0.29, 0.717) is 22.3 Å². The van der Waals surface area contributed by atoms with E-state index in [2.05, 4.69) is 15.3 Å². The van der Waals surface area contributed by atoms with Crippen LogP contribution in [0, 0.1) is 0 Å². The number of aromatic nitrogens is 2. The molecule has 0 saturated heterocycles. The minimum atomic E-state index is -0.181. The Kier molecular flexibility index (Phi) is 5.36. The third-order valence-electron chi connectivity index (χ3n) is 3.08. The molecule has 2 aromatic rings. The fourth-order valence-corrected chi connectivity index (χ4v) is 2.30. The number of benzene rings is 1. The summed E-state index contributed by atoms with van der Waals surface area (Å²) in [6.45, 7) is 1.95. The number of likely N-dealkylation sites (N-methyl/N-ethyl adjacent to an activating group) is 1. The van der Waals surface area contributed by atoms with Gasteiger partial charge in [0, 0.05) is 17.4 Å². The van der Waals surface area contributed by atoms with E-state index >= 15 is 0 Å². The molecule has 0 aliphatic heterocycles. The maximum absolute atomic E-state index is 5.97. The molecule has 0 aliphatic carbocycles. The predicted molar refractivity (Wildman–Crippen MR) is 81.9 cm³/mol. The zero-order valence-corrected chi connectivity index (χ0v) is 13.0. The van der Waals surface area contributed by atoms with Crippen molar-refractivity contribution in [3.8, 4) is 11.6 Å². The van der Waals surface area contributed by atoms with Gasteiger partial charge in [0.25, 0.3) is 0 Å². The van der Waals surface area contributed by atoms with Crippen LogP contribution in [-0.2, 0) is 0 Å². The van der Waals surface area contributed by atoms with E-state index in [1.54, 1.807) is 31.6 Å². The second kappa shape index (κ2) is 7.24. The second-order valence-corrected chi connectivity index (χ2v) is 4.93. The third kappa shape index (κ3) is 3.83. The maximum atomic E-state index is 5.97. The molecule has 2 rings (SSSR count). The van der Waals surface area contributed by atoms with Crippen molar-refractivity contribution in [3.63, 3.8) is 0 Å². The molecule has 112 valence electrons. The number of halogens is 1. The van der Waals surface area contributed by atoms with Crippen molar-refractivity contribution in [1.29, 1.82) is 0 Å². The molecule has 0 spiro atoms. The van der Waals surface area contributed by atoms with Crippen molar-refractivity contribution in [2.45, 2.75) is 19.1 Å². The molecule has 0 fully saturated rings. The van der Waals surface area contributed by atoms with Crippen LogP contribution in [0.15, 0.2) is 36.7 Å². The van der Waals surface area contributed by atoms with Gasteiger partial charge in [0.15, 0.2) is 0 Å². The van der Waals surface area contributed by atoms with Crippen molar-refractivity contribution in [2.24, 2.45) is 0 Å². The molecule has 21 heavy (non-hydrogen) atoms. The largest absolute Gasteiger partial charge is 0.489 e. The molecule has 0 amide bonds. The molecule has 1 heterocycles. The topological polar surface area (TPSA) is 56.3 Å². The SMILES string of the molecule is CNC(c1nccnc1OC)C(C)Oc1cccc(Cl)c1. The Hall–Kier alpha value is -1.85. The van der Waals surface area contributed by atoms with Crippen LogP contribution in [0.2, 0.25) is 5.02 Å². The molecule has 0 saturated carbocycles. The number of ether oxygens (including phenoxy) is 2. The van der Waals surface area contributed by atoms with Gasteiger partial charge in [0.2, 0.25) is 5.88 Å². The van der Waals surface area contributed by atoms with Crippen LogP contribution >= 0.6 is 11.6 Å². The van der Waals surface area contributed by atoms with Crippen LogP contribution in [0.4, 0.5) is 0 Å². The standard InChI is InChI=1S/C15H18ClN3O2/c1-10(21-12-6-4-5-11(16)9-12)13(17-2)14-15(20-3)19-8-7-18-14/h4-10,13,17H,1-3H3. The molecule has 2 atom stereocenters. The van der Waals surface area contributed by atoms with Gasteiger partial charge in [-0.15, -0.1) is 0 Å². The lowest BCUT2D eigenvalue weighted by Crippen LogP contribution is -2.32. The molecule has 0 radical (unpaired) electrons. The van der Waals surface area contributed by atoms with E-state index in [0.717, 1.165) is 0 Å². The van der Waals surface area contributed by atoms with Gasteiger partial charge >= 0.3 is 0 Å². The Morgan fingerprint density at radius 2 is 2.00 bits per heavy atom. The molecule has 5 nitrogen and oxygen atoms in total. The maximum Gasteiger partial charge on any atom is 0.237 e. The van der Waals surface area contributed by atoms with Crippen molar-refractivity contribution < 1.29 is 9.47 Å². The van der Waals surface area contributed by atoms with Crippen LogP contribution in [0.25, 0.3) is 0 Å². The summed E-state index contributed by atoms with van der Waals surface area (Å²) < 4.78 is 11.2. The summed E-state index contributed by atoms with van der Waals surface area (Å²) in [5.74, 6) is 1.19. The van der Waals surface area contributed by atoms with Crippen LogP contribution in [0.1, 0.15) is 18.7 Å². The highest BCUT2D eigenvalue weighted by atomic mass is 35.5. The Morgan fingerprint density at radius 1 is 1.24 bits per heavy atom. The van der Waals surface area contributed by atoms with Crippen LogP contribution < -0.4 is 14.8 Å². The van der Waals surface area contributed by atoms with E-state index in [9.17, 15) is 0 Å². The number of nitrogens with one attached hydrogen (secondary N) is 1. The quantitative estimate of drug-likeness (QED) is 0.889. The number of rotatable bonds is 6. The van der Waals surface area contributed by atoms with E-state index < -0.39 is 0 Å². The lowest BCUT2D eigenvalue weighted by atomic mass is 10.1. The summed E-state index contributed by atoms with van der Waals surface area (Å²) in [6.07, 6.45) is 3.05. The second-order valence-electron chi connectivity index (χ2n) is 4.50. The Balaban J connectivity index is 2.20. The van der Waals surface area contributed by atoms with Crippen LogP contribution in [0.5, 0.6) is 11.6 Å². The first-order valence-electron chi connectivity index (χ1n) is 6.60. The van der Waals surface area contributed by atoms with E-state index in [-0.39, 0.29) is 12.1 Å². The molecule has 2 unspecified atom stereocenters. The first kappa shape index (κ1) is 15.5. The van der Waals surface area contributed by atoms with Gasteiger partial charge < -0.3 is 14.8 Å². The monoisotopic (exact) mass is 307 g/mol. The molecule has 6 heteroatoms. The van der Waals surface area contributed by atoms with Crippen molar-refractivity contribution in [1.82, 2.24) is 15.3 Å². The summed E-state index contributed by atoms with van der Waals surface area (Å²) in [7, 11) is 3.42. The lowest BCUT2D eigenvalue weighted by Gasteiger charge is -2.24. The lowest BCUT2D eigenvalue weighted by molar-refractivity contribution is 0.170. The molecular weight excluding hydrogens is 290 g/mol. The minimum Gasteiger partial charge on any atom is -0.489 e. The average molecular weight is 308 g/mol. The molecule has 1 aromatic carbocycles. The molecule has 0 bridgehead atoms. The van der Waals surface area contributed by atoms with Crippen LogP contribution in [-0.4, -0.2) is 30.2 Å². The van der Waals surface area contributed by atoms with Crippen molar-refractivity contribution in [2.75, 3.05) is 14.2 Å². The summed E-state index contributed by atoms with van der Waals surface area (Å²) in [5.41, 5.74) is 0.706. The zero-order valence-electron chi connectivity index (χ0n) is 12.2. The number of hydrogen-bond donors (Lipinski definition) is 1. The third-order valence-corrected chi connectivity index (χ3v) is 3.31. The number of hydrogen-bond acceptors (Lipinski definition) is 5. The predicted octanol–water partition coefficient (Wildman–Crippen LogP) is 2.87. The molecular formula is C15H18ClN3O2. The van der Waals surface area contributed by atoms with Gasteiger partial charge in [-0.2, -0.15) is 0 Å². The summed E-state index contributed by atoms with van der Waals surface area (Å²) >= 11 is 5.97. The minimum absolute atomic E-state index is 0.160. The van der Waals surface area contributed by atoms with E-state index in [1.807, 2.05) is 26.1 Å². The summed E-state index contributed by atoms with van der Waals surface area (Å²) in [4.78, 5) is 8.51. The van der Waals surface area contributed by atoms with Gasteiger partial charge in [-0.05, 0) is 32.2 Å². The highest BCUT2D eigenvalue weighted by molar-refractivity contribution is 6.30. The molecule has 0 aliphatic rings. The molecule has 1 aromatic heterocycles. The van der Waals surface area contributed by atoms with Gasteiger partial charge in [-0.1, -0.05) is 17.7 Å². The smallest absolute Gasteiger partial charge is 0.237 e. The van der Waals surface area contributed by atoms with Crippen LogP contribution in [0.3, 0.4) is 0 Å². The highest BCUT2D eigenvalue weighted by Gasteiger charge is 2.24. The fraction of sp³-hybridized carbons (Fsp3) is 0.333. The average Bonchev–Trinajstić information content (AvgIpc) is 2.48. The Labute approximate surface area is 129 Å². The summed E-state index contributed by atoms with van der Waals surface area (Å²) in [5, 5.41) is 3.82. The van der Waals surface area contributed by atoms with Crippen molar-refractivity contribution in [3.05, 3.63) is 47.4 Å². The normalized spacial score (nSPS) is 13.5.